The van der Waals surface area contributed by atoms with Crippen LogP contribution in [0.2, 0.25) is 0 Å². The largest absolute Gasteiger partial charge is 0.394 e. The average molecular weight is 441 g/mol. The van der Waals surface area contributed by atoms with E-state index in [1.54, 1.807) is 4.57 Å². The van der Waals surface area contributed by atoms with E-state index in [2.05, 4.69) is 32.4 Å². The number of nitrogens with one attached hydrogen (secondary N) is 1. The molecule has 10 heteroatoms. The summed E-state index contributed by atoms with van der Waals surface area (Å²) in [4.78, 5) is 13.1. The van der Waals surface area contributed by atoms with Crippen molar-refractivity contribution < 1.29 is 24.8 Å². The highest BCUT2D eigenvalue weighted by Gasteiger charge is 2.44. The molecular weight excluding hydrogens is 414 g/mol. The molecular formula is C22H27N5O5. The van der Waals surface area contributed by atoms with Gasteiger partial charge in [0.05, 0.1) is 31.7 Å². The molecule has 1 aliphatic heterocycles. The van der Waals surface area contributed by atoms with E-state index in [9.17, 15) is 15.3 Å². The second-order valence-corrected chi connectivity index (χ2v) is 8.29. The van der Waals surface area contributed by atoms with Gasteiger partial charge in [-0.05, 0) is 24.8 Å². The van der Waals surface area contributed by atoms with Crippen molar-refractivity contribution in [3.8, 4) is 0 Å². The number of rotatable bonds is 7. The van der Waals surface area contributed by atoms with Crippen LogP contribution >= 0.6 is 0 Å². The van der Waals surface area contributed by atoms with Crippen LogP contribution in [0.25, 0.3) is 11.2 Å². The first-order chi connectivity index (χ1) is 15.7. The van der Waals surface area contributed by atoms with Crippen LogP contribution in [0.3, 0.4) is 0 Å². The molecule has 2 fully saturated rings. The lowest BCUT2D eigenvalue weighted by atomic mass is 10.1. The molecule has 6 atom stereocenters. The summed E-state index contributed by atoms with van der Waals surface area (Å²) in [5.74, 6) is 0.584. The van der Waals surface area contributed by atoms with Crippen LogP contribution in [0.5, 0.6) is 0 Å². The fourth-order valence-corrected chi connectivity index (χ4v) is 4.50. The summed E-state index contributed by atoms with van der Waals surface area (Å²) in [5, 5.41) is 33.3. The van der Waals surface area contributed by atoms with Gasteiger partial charge in [0.15, 0.2) is 23.2 Å². The lowest BCUT2D eigenvalue weighted by Crippen LogP contribution is -2.33. The third-order valence-corrected chi connectivity index (χ3v) is 6.23. The van der Waals surface area contributed by atoms with Gasteiger partial charge < -0.3 is 30.1 Å². The minimum Gasteiger partial charge on any atom is -0.394 e. The standard InChI is InChI=1S/C22H27N5O5/c28-9-16-18(29)19(30)22(32-16)27-12-25-17-20(23-11-24-21(17)27)26-14-7-4-8-15(14)31-10-13-5-2-1-3-6-13/h1-3,5-6,11-12,14-16,18-19,22,28-30H,4,7-10H2,(H,23,24,26)/t14?,15?,16-,18+,19+,22?/m1/s1. The Labute approximate surface area is 184 Å². The van der Waals surface area contributed by atoms with Gasteiger partial charge in [-0.25, -0.2) is 15.0 Å². The summed E-state index contributed by atoms with van der Waals surface area (Å²) in [7, 11) is 0. The molecule has 10 nitrogen and oxygen atoms in total. The van der Waals surface area contributed by atoms with Gasteiger partial charge >= 0.3 is 0 Å². The molecule has 170 valence electrons. The van der Waals surface area contributed by atoms with Crippen molar-refractivity contribution >= 4 is 17.0 Å². The normalized spacial score (nSPS) is 30.2. The first-order valence-corrected chi connectivity index (χ1v) is 10.9. The van der Waals surface area contributed by atoms with E-state index in [0.29, 0.717) is 23.6 Å². The SMILES string of the molecule is OC[C@H]1OC(n2cnc3c(NC4CCCC4OCc4ccccc4)ncnc32)[C@@H](O)[C@H]1O. The van der Waals surface area contributed by atoms with Gasteiger partial charge in [0.25, 0.3) is 0 Å². The van der Waals surface area contributed by atoms with Crippen LogP contribution in [0, 0.1) is 0 Å². The molecule has 4 N–H and O–H groups in total. The van der Waals surface area contributed by atoms with Crippen molar-refractivity contribution in [1.82, 2.24) is 19.5 Å². The predicted molar refractivity (Wildman–Crippen MR) is 115 cm³/mol. The number of imidazole rings is 1. The van der Waals surface area contributed by atoms with Gasteiger partial charge in [0, 0.05) is 0 Å². The van der Waals surface area contributed by atoms with Crippen molar-refractivity contribution in [3.05, 3.63) is 48.5 Å². The van der Waals surface area contributed by atoms with Crippen molar-refractivity contribution in [2.45, 2.75) is 62.6 Å². The molecule has 5 rings (SSSR count). The number of fused-ring (bicyclic) bond motifs is 1. The highest BCUT2D eigenvalue weighted by molar-refractivity contribution is 5.82. The molecule has 32 heavy (non-hydrogen) atoms. The van der Waals surface area contributed by atoms with Gasteiger partial charge in [0.2, 0.25) is 0 Å². The van der Waals surface area contributed by atoms with E-state index >= 15 is 0 Å². The van der Waals surface area contributed by atoms with Crippen molar-refractivity contribution in [3.63, 3.8) is 0 Å². The van der Waals surface area contributed by atoms with Crippen LogP contribution in [-0.2, 0) is 16.1 Å². The third-order valence-electron chi connectivity index (χ3n) is 6.23. The molecule has 2 aliphatic rings. The molecule has 3 heterocycles. The van der Waals surface area contributed by atoms with Crippen LogP contribution in [-0.4, -0.2) is 71.9 Å². The second-order valence-electron chi connectivity index (χ2n) is 8.29. The van der Waals surface area contributed by atoms with E-state index in [1.807, 2.05) is 18.2 Å². The van der Waals surface area contributed by atoms with E-state index in [0.717, 1.165) is 24.8 Å². The van der Waals surface area contributed by atoms with Crippen molar-refractivity contribution in [2.75, 3.05) is 11.9 Å². The minimum absolute atomic E-state index is 0.0581. The molecule has 0 amide bonds. The van der Waals surface area contributed by atoms with Crippen LogP contribution in [0.15, 0.2) is 43.0 Å². The number of aliphatic hydroxyl groups excluding tert-OH is 3. The molecule has 0 spiro atoms. The molecule has 1 saturated heterocycles. The Bertz CT molecular complexity index is 1050. The van der Waals surface area contributed by atoms with E-state index in [1.165, 1.54) is 12.7 Å². The van der Waals surface area contributed by atoms with Gasteiger partial charge in [-0.3, -0.25) is 4.57 Å². The van der Waals surface area contributed by atoms with Gasteiger partial charge in [0.1, 0.15) is 24.6 Å². The number of hydrogen-bond acceptors (Lipinski definition) is 9. The number of anilines is 1. The number of nitrogens with zero attached hydrogens (tertiary/aromatic N) is 4. The zero-order valence-electron chi connectivity index (χ0n) is 17.5. The molecule has 0 radical (unpaired) electrons. The van der Waals surface area contributed by atoms with E-state index < -0.39 is 31.1 Å². The Morgan fingerprint density at radius 2 is 1.94 bits per heavy atom. The Morgan fingerprint density at radius 3 is 2.72 bits per heavy atom. The predicted octanol–water partition coefficient (Wildman–Crippen LogP) is 0.988. The summed E-state index contributed by atoms with van der Waals surface area (Å²) in [6.07, 6.45) is 1.81. The number of aliphatic hydroxyl groups is 3. The lowest BCUT2D eigenvalue weighted by molar-refractivity contribution is -0.0511. The topological polar surface area (TPSA) is 135 Å². The first kappa shape index (κ1) is 21.2. The number of hydrogen-bond donors (Lipinski definition) is 4. The summed E-state index contributed by atoms with van der Waals surface area (Å²) in [6.45, 7) is 0.165. The minimum atomic E-state index is -1.21. The van der Waals surface area contributed by atoms with E-state index in [-0.39, 0.29) is 12.1 Å². The number of aromatic nitrogens is 4. The molecule has 1 aliphatic carbocycles. The summed E-state index contributed by atoms with van der Waals surface area (Å²) in [5.41, 5.74) is 2.15. The second kappa shape index (κ2) is 9.08. The number of benzene rings is 1. The van der Waals surface area contributed by atoms with Crippen molar-refractivity contribution in [1.29, 1.82) is 0 Å². The maximum absolute atomic E-state index is 10.4. The van der Waals surface area contributed by atoms with Crippen LogP contribution in [0.1, 0.15) is 31.1 Å². The Kier molecular flexibility index (Phi) is 6.03. The maximum atomic E-state index is 10.4. The Morgan fingerprint density at radius 1 is 1.09 bits per heavy atom. The van der Waals surface area contributed by atoms with E-state index in [4.69, 9.17) is 9.47 Å². The van der Waals surface area contributed by atoms with Crippen LogP contribution in [0.4, 0.5) is 5.82 Å². The molecule has 3 aromatic rings. The summed E-state index contributed by atoms with van der Waals surface area (Å²) < 4.78 is 13.4. The molecule has 1 aromatic carbocycles. The molecule has 0 bridgehead atoms. The molecule has 1 saturated carbocycles. The van der Waals surface area contributed by atoms with Crippen molar-refractivity contribution in [2.24, 2.45) is 0 Å². The number of ether oxygens (including phenoxy) is 2. The van der Waals surface area contributed by atoms with Gasteiger partial charge in [-0.1, -0.05) is 30.3 Å². The summed E-state index contributed by atoms with van der Waals surface area (Å²) >= 11 is 0. The average Bonchev–Trinajstić information content (AvgIpc) is 3.52. The van der Waals surface area contributed by atoms with Gasteiger partial charge in [-0.2, -0.15) is 0 Å². The highest BCUT2D eigenvalue weighted by atomic mass is 16.6. The monoisotopic (exact) mass is 441 g/mol. The quantitative estimate of drug-likeness (QED) is 0.423. The lowest BCUT2D eigenvalue weighted by Gasteiger charge is -2.22. The fourth-order valence-electron chi connectivity index (χ4n) is 4.50. The summed E-state index contributed by atoms with van der Waals surface area (Å²) in [6, 6.07) is 10.2. The maximum Gasteiger partial charge on any atom is 0.167 e. The zero-order valence-corrected chi connectivity index (χ0v) is 17.5. The van der Waals surface area contributed by atoms with Crippen LogP contribution < -0.4 is 5.32 Å². The third kappa shape index (κ3) is 3.96. The molecule has 2 aromatic heterocycles. The zero-order chi connectivity index (χ0) is 22.1. The fraction of sp³-hybridized carbons (Fsp3) is 0.500. The van der Waals surface area contributed by atoms with Gasteiger partial charge in [-0.15, -0.1) is 0 Å². The molecule has 3 unspecified atom stereocenters. The highest BCUT2D eigenvalue weighted by Crippen LogP contribution is 2.33. The first-order valence-electron chi connectivity index (χ1n) is 10.9. The Hall–Kier alpha value is -2.63. The smallest absolute Gasteiger partial charge is 0.167 e. The Balaban J connectivity index is 1.33.